The van der Waals surface area contributed by atoms with Gasteiger partial charge in [0.05, 0.1) is 0 Å². The average Bonchev–Trinajstić information content (AvgIpc) is 2.97. The van der Waals surface area contributed by atoms with Crippen LogP contribution in [0.15, 0.2) is 41.1 Å². The molecule has 0 radical (unpaired) electrons. The number of aromatic carboxylic acids is 1. The van der Waals surface area contributed by atoms with Gasteiger partial charge in [0.1, 0.15) is 0 Å². The Hall–Kier alpha value is -2.56. The number of benzene rings is 1. The summed E-state index contributed by atoms with van der Waals surface area (Å²) >= 11 is 0. The van der Waals surface area contributed by atoms with Crippen molar-refractivity contribution in [2.24, 2.45) is 0 Å². The topological polar surface area (TPSA) is 79.1 Å². The molecule has 0 bridgehead atoms. The van der Waals surface area contributed by atoms with E-state index < -0.39 is 5.97 Å². The third kappa shape index (κ3) is 1.57. The van der Waals surface area contributed by atoms with Crippen LogP contribution in [0.1, 0.15) is 10.5 Å². The van der Waals surface area contributed by atoms with Crippen LogP contribution in [0.25, 0.3) is 22.2 Å². The quantitative estimate of drug-likeness (QED) is 0.706. The first-order valence-electron chi connectivity index (χ1n) is 5.01. The first-order chi connectivity index (χ1) is 8.24. The summed E-state index contributed by atoms with van der Waals surface area (Å²) < 4.78 is 5.00. The fraction of sp³-hybridized carbons (Fsp3) is 0. The first kappa shape index (κ1) is 9.65. The highest BCUT2D eigenvalue weighted by Gasteiger charge is 2.12. The summed E-state index contributed by atoms with van der Waals surface area (Å²) in [6, 6.07) is 9.03. The van der Waals surface area contributed by atoms with Gasteiger partial charge in [-0.2, -0.15) is 0 Å². The summed E-state index contributed by atoms with van der Waals surface area (Å²) in [4.78, 5) is 13.8. The maximum atomic E-state index is 10.7. The molecule has 5 nitrogen and oxygen atoms in total. The van der Waals surface area contributed by atoms with Gasteiger partial charge < -0.3 is 14.6 Å². The summed E-state index contributed by atoms with van der Waals surface area (Å²) in [5.74, 6) is -0.645. The van der Waals surface area contributed by atoms with Crippen molar-refractivity contribution in [1.82, 2.24) is 10.1 Å². The zero-order valence-electron chi connectivity index (χ0n) is 8.68. The van der Waals surface area contributed by atoms with Gasteiger partial charge in [-0.25, -0.2) is 4.79 Å². The summed E-state index contributed by atoms with van der Waals surface area (Å²) in [6.45, 7) is 0. The molecule has 5 heteroatoms. The minimum absolute atomic E-state index is 0.0887. The second-order valence-electron chi connectivity index (χ2n) is 3.66. The fourth-order valence-electron chi connectivity index (χ4n) is 1.72. The molecular weight excluding hydrogens is 220 g/mol. The van der Waals surface area contributed by atoms with Crippen LogP contribution < -0.4 is 0 Å². The molecular formula is C12H8N2O3. The van der Waals surface area contributed by atoms with Gasteiger partial charge >= 0.3 is 5.97 Å². The molecule has 2 heterocycles. The van der Waals surface area contributed by atoms with Crippen LogP contribution >= 0.6 is 0 Å². The molecule has 0 amide bonds. The van der Waals surface area contributed by atoms with E-state index in [0.717, 1.165) is 16.5 Å². The lowest BCUT2D eigenvalue weighted by atomic mass is 10.1. The molecule has 84 valence electrons. The van der Waals surface area contributed by atoms with E-state index in [1.807, 2.05) is 30.5 Å². The first-order valence-corrected chi connectivity index (χ1v) is 5.01. The Morgan fingerprint density at radius 3 is 2.94 bits per heavy atom. The van der Waals surface area contributed by atoms with Crippen molar-refractivity contribution in [2.75, 3.05) is 0 Å². The molecule has 0 saturated heterocycles. The number of hydrogen-bond donors (Lipinski definition) is 2. The van der Waals surface area contributed by atoms with Crippen LogP contribution in [0.2, 0.25) is 0 Å². The molecule has 0 spiro atoms. The van der Waals surface area contributed by atoms with Gasteiger partial charge in [0, 0.05) is 28.7 Å². The van der Waals surface area contributed by atoms with Crippen LogP contribution in [0, 0.1) is 0 Å². The highest BCUT2D eigenvalue weighted by Crippen LogP contribution is 2.24. The second kappa shape index (κ2) is 3.48. The minimum Gasteiger partial charge on any atom is -0.476 e. The van der Waals surface area contributed by atoms with Crippen molar-refractivity contribution in [3.05, 3.63) is 42.2 Å². The largest absolute Gasteiger partial charge is 0.476 e. The molecule has 3 aromatic rings. The maximum absolute atomic E-state index is 10.7. The van der Waals surface area contributed by atoms with E-state index in [2.05, 4.69) is 10.1 Å². The molecule has 2 N–H and O–H groups in total. The molecule has 1 aromatic carbocycles. The van der Waals surface area contributed by atoms with E-state index in [9.17, 15) is 4.79 Å². The Morgan fingerprint density at radius 1 is 1.29 bits per heavy atom. The Balaban J connectivity index is 2.09. The van der Waals surface area contributed by atoms with E-state index in [1.165, 1.54) is 6.07 Å². The van der Waals surface area contributed by atoms with Gasteiger partial charge in [0.25, 0.3) is 0 Å². The Kier molecular flexibility index (Phi) is 1.98. The number of aromatic nitrogens is 2. The van der Waals surface area contributed by atoms with Crippen molar-refractivity contribution in [3.63, 3.8) is 0 Å². The highest BCUT2D eigenvalue weighted by molar-refractivity contribution is 5.88. The SMILES string of the molecule is O=C(O)c1cc(-c2ccc3[nH]ccc3c2)on1. The van der Waals surface area contributed by atoms with Gasteiger partial charge in [-0.15, -0.1) is 0 Å². The van der Waals surface area contributed by atoms with E-state index in [4.69, 9.17) is 9.63 Å². The van der Waals surface area contributed by atoms with Gasteiger partial charge in [0.2, 0.25) is 0 Å². The molecule has 3 rings (SSSR count). The Morgan fingerprint density at radius 2 is 2.18 bits per heavy atom. The summed E-state index contributed by atoms with van der Waals surface area (Å²) in [6.07, 6.45) is 1.84. The number of hydrogen-bond acceptors (Lipinski definition) is 3. The van der Waals surface area contributed by atoms with Crippen LogP contribution in [0.3, 0.4) is 0 Å². The Bertz CT molecular complexity index is 696. The van der Waals surface area contributed by atoms with Crippen molar-refractivity contribution >= 4 is 16.9 Å². The minimum atomic E-state index is -1.09. The van der Waals surface area contributed by atoms with Crippen LogP contribution in [-0.4, -0.2) is 21.2 Å². The predicted octanol–water partition coefficient (Wildman–Crippen LogP) is 2.52. The summed E-state index contributed by atoms with van der Waals surface area (Å²) in [5, 5.41) is 13.3. The van der Waals surface area contributed by atoms with Crippen molar-refractivity contribution in [3.8, 4) is 11.3 Å². The average molecular weight is 228 g/mol. The number of carboxylic acid groups (broad SMARTS) is 1. The number of carbonyl (C=O) groups is 1. The number of nitrogens with zero attached hydrogens (tertiary/aromatic N) is 1. The monoisotopic (exact) mass is 228 g/mol. The smallest absolute Gasteiger partial charge is 0.358 e. The van der Waals surface area contributed by atoms with Gasteiger partial charge in [-0.05, 0) is 24.3 Å². The lowest BCUT2D eigenvalue weighted by Gasteiger charge is -1.95. The van der Waals surface area contributed by atoms with Crippen LogP contribution in [0.5, 0.6) is 0 Å². The summed E-state index contributed by atoms with van der Waals surface area (Å²) in [7, 11) is 0. The number of aromatic amines is 1. The van der Waals surface area contributed by atoms with Crippen LogP contribution in [0.4, 0.5) is 0 Å². The lowest BCUT2D eigenvalue weighted by molar-refractivity contribution is 0.0686. The van der Waals surface area contributed by atoms with Crippen molar-refractivity contribution < 1.29 is 14.4 Å². The molecule has 17 heavy (non-hydrogen) atoms. The van der Waals surface area contributed by atoms with E-state index in [-0.39, 0.29) is 5.69 Å². The maximum Gasteiger partial charge on any atom is 0.358 e. The molecule has 2 aromatic heterocycles. The molecule has 0 fully saturated rings. The Labute approximate surface area is 95.7 Å². The third-order valence-electron chi connectivity index (χ3n) is 2.57. The number of carboxylic acids is 1. The number of nitrogens with one attached hydrogen (secondary N) is 1. The van der Waals surface area contributed by atoms with Crippen molar-refractivity contribution in [1.29, 1.82) is 0 Å². The van der Waals surface area contributed by atoms with E-state index >= 15 is 0 Å². The molecule has 0 aliphatic heterocycles. The normalized spacial score (nSPS) is 10.8. The van der Waals surface area contributed by atoms with Gasteiger partial charge in [-0.3, -0.25) is 0 Å². The molecule has 0 atom stereocenters. The third-order valence-corrected chi connectivity index (χ3v) is 2.57. The zero-order chi connectivity index (χ0) is 11.8. The zero-order valence-corrected chi connectivity index (χ0v) is 8.68. The number of rotatable bonds is 2. The second-order valence-corrected chi connectivity index (χ2v) is 3.66. The molecule has 0 saturated carbocycles. The number of H-pyrrole nitrogens is 1. The highest BCUT2D eigenvalue weighted by atomic mass is 16.5. The van der Waals surface area contributed by atoms with Gasteiger partial charge in [0.15, 0.2) is 11.5 Å². The van der Waals surface area contributed by atoms with Crippen LogP contribution in [-0.2, 0) is 0 Å². The summed E-state index contributed by atoms with van der Waals surface area (Å²) in [5.41, 5.74) is 1.73. The molecule has 0 aliphatic rings. The van der Waals surface area contributed by atoms with E-state index in [0.29, 0.717) is 5.76 Å². The van der Waals surface area contributed by atoms with Crippen molar-refractivity contribution in [2.45, 2.75) is 0 Å². The van der Waals surface area contributed by atoms with Gasteiger partial charge in [-0.1, -0.05) is 5.16 Å². The standard InChI is InChI=1S/C12H8N2O3/c15-12(16)10-6-11(17-14-10)8-1-2-9-7(5-8)3-4-13-9/h1-6,13H,(H,15,16). The fourth-order valence-corrected chi connectivity index (χ4v) is 1.72. The molecule has 0 unspecified atom stereocenters. The van der Waals surface area contributed by atoms with E-state index in [1.54, 1.807) is 0 Å². The lowest BCUT2D eigenvalue weighted by Crippen LogP contribution is -1.94. The molecule has 0 aliphatic carbocycles. The predicted molar refractivity (Wildman–Crippen MR) is 60.8 cm³/mol. The number of fused-ring (bicyclic) bond motifs is 1.